The lowest BCUT2D eigenvalue weighted by Gasteiger charge is -2.19. The molecule has 0 aromatic heterocycles. The highest BCUT2D eigenvalue weighted by molar-refractivity contribution is 5.66. The van der Waals surface area contributed by atoms with Crippen molar-refractivity contribution in [3.8, 4) is 0 Å². The molecule has 0 unspecified atom stereocenters. The Kier molecular flexibility index (Phi) is 3.10. The van der Waals surface area contributed by atoms with Gasteiger partial charge in [0, 0.05) is 0 Å². The molecule has 0 bridgehead atoms. The lowest BCUT2D eigenvalue weighted by atomic mass is 10.3. The molecule has 0 aliphatic carbocycles. The van der Waals surface area contributed by atoms with Crippen molar-refractivity contribution in [2.45, 2.75) is 0 Å². The van der Waals surface area contributed by atoms with E-state index in [9.17, 15) is 4.79 Å². The first-order chi connectivity index (χ1) is 6.25. The van der Waals surface area contributed by atoms with E-state index in [1.54, 1.807) is 12.1 Å². The van der Waals surface area contributed by atoms with Crippen LogP contribution in [0.4, 0.5) is 11.4 Å². The van der Waals surface area contributed by atoms with Gasteiger partial charge in [0.25, 0.3) is 0 Å². The second-order valence-corrected chi connectivity index (χ2v) is 2.51. The molecule has 0 aliphatic rings. The minimum Gasteiger partial charge on any atom is -0.397 e. The maximum Gasteiger partial charge on any atom is 0.208 e. The Morgan fingerprint density at radius 2 is 2.15 bits per heavy atom. The van der Waals surface area contributed by atoms with Crippen LogP contribution >= 0.6 is 0 Å². The van der Waals surface area contributed by atoms with Crippen LogP contribution in [0.15, 0.2) is 24.3 Å². The van der Waals surface area contributed by atoms with Gasteiger partial charge in [0.15, 0.2) is 0 Å². The molecule has 5 nitrogen and oxygen atoms in total. The van der Waals surface area contributed by atoms with Crippen LogP contribution in [0.25, 0.3) is 0 Å². The monoisotopic (exact) mass is 180 g/mol. The fourth-order valence-electron chi connectivity index (χ4n) is 0.970. The number of nitrogen functional groups attached to an aromatic ring is 1. The molecule has 13 heavy (non-hydrogen) atoms. The Morgan fingerprint density at radius 1 is 1.46 bits per heavy atom. The van der Waals surface area contributed by atoms with E-state index in [0.717, 1.165) is 0 Å². The van der Waals surface area contributed by atoms with E-state index in [4.69, 9.17) is 11.6 Å². The molecule has 0 atom stereocenters. The number of anilines is 2. The molecule has 0 aliphatic heterocycles. The lowest BCUT2D eigenvalue weighted by molar-refractivity contribution is -0.109. The number of nitrogens with two attached hydrogens (primary N) is 2. The third-order valence-electron chi connectivity index (χ3n) is 1.59. The number of hydrogen-bond donors (Lipinski definition) is 3. The van der Waals surface area contributed by atoms with Crippen LogP contribution in [0, 0.1) is 0 Å². The molecule has 5 heteroatoms. The van der Waals surface area contributed by atoms with Crippen LogP contribution < -0.4 is 21.9 Å². The van der Waals surface area contributed by atoms with Gasteiger partial charge in [-0.3, -0.25) is 9.80 Å². The maximum absolute atomic E-state index is 10.0. The number of nitrogens with one attached hydrogen (secondary N) is 1. The summed E-state index contributed by atoms with van der Waals surface area (Å²) in [4.78, 5) is 10.0. The predicted molar refractivity (Wildman–Crippen MR) is 51.6 cm³/mol. The highest BCUT2D eigenvalue weighted by Gasteiger charge is 2.02. The molecule has 0 saturated heterocycles. The van der Waals surface area contributed by atoms with E-state index in [0.29, 0.717) is 17.8 Å². The SMILES string of the molecule is Nc1ccccc1N(N)CNC=O. The predicted octanol–water partition coefficient (Wildman–Crippen LogP) is -0.348. The van der Waals surface area contributed by atoms with Gasteiger partial charge < -0.3 is 11.1 Å². The summed E-state index contributed by atoms with van der Waals surface area (Å²) < 4.78 is 0. The van der Waals surface area contributed by atoms with Crippen molar-refractivity contribution in [1.82, 2.24) is 5.32 Å². The molecule has 1 amide bonds. The van der Waals surface area contributed by atoms with Gasteiger partial charge in [-0.1, -0.05) is 12.1 Å². The summed E-state index contributed by atoms with van der Waals surface area (Å²) in [7, 11) is 0. The van der Waals surface area contributed by atoms with E-state index >= 15 is 0 Å². The molecule has 0 radical (unpaired) electrons. The van der Waals surface area contributed by atoms with E-state index in [2.05, 4.69) is 5.32 Å². The number of benzene rings is 1. The number of amides is 1. The van der Waals surface area contributed by atoms with Crippen LogP contribution in [0.5, 0.6) is 0 Å². The van der Waals surface area contributed by atoms with E-state index in [1.165, 1.54) is 5.01 Å². The lowest BCUT2D eigenvalue weighted by Crippen LogP contribution is -2.39. The zero-order chi connectivity index (χ0) is 9.68. The quantitative estimate of drug-likeness (QED) is 0.194. The number of hydrazine groups is 1. The van der Waals surface area contributed by atoms with Crippen molar-refractivity contribution in [2.24, 2.45) is 5.84 Å². The Hall–Kier alpha value is -1.75. The van der Waals surface area contributed by atoms with Gasteiger partial charge in [-0.2, -0.15) is 0 Å². The topological polar surface area (TPSA) is 84.4 Å². The van der Waals surface area contributed by atoms with Crippen LogP contribution in [0.3, 0.4) is 0 Å². The molecule has 1 rings (SSSR count). The molecule has 0 heterocycles. The standard InChI is InChI=1S/C8H12N4O/c9-7-3-1-2-4-8(7)12(10)5-11-6-13/h1-4,6H,5,9-10H2,(H,11,13). The minimum atomic E-state index is 0.234. The van der Waals surface area contributed by atoms with Gasteiger partial charge in [0.05, 0.1) is 11.4 Å². The highest BCUT2D eigenvalue weighted by Crippen LogP contribution is 2.18. The fraction of sp³-hybridized carbons (Fsp3) is 0.125. The fourth-order valence-corrected chi connectivity index (χ4v) is 0.970. The van der Waals surface area contributed by atoms with Gasteiger partial charge in [-0.05, 0) is 12.1 Å². The molecule has 1 aromatic rings. The second-order valence-electron chi connectivity index (χ2n) is 2.51. The summed E-state index contributed by atoms with van der Waals surface area (Å²) in [6, 6.07) is 7.17. The number of rotatable bonds is 4. The zero-order valence-electron chi connectivity index (χ0n) is 7.10. The first kappa shape index (κ1) is 9.34. The van der Waals surface area contributed by atoms with Crippen molar-refractivity contribution < 1.29 is 4.79 Å². The third kappa shape index (κ3) is 2.34. The zero-order valence-corrected chi connectivity index (χ0v) is 7.10. The molecule has 0 fully saturated rings. The summed E-state index contributed by atoms with van der Waals surface area (Å²) in [5.74, 6) is 5.61. The molecule has 0 saturated carbocycles. The Morgan fingerprint density at radius 3 is 2.77 bits per heavy atom. The average Bonchev–Trinajstić information content (AvgIpc) is 2.15. The van der Waals surface area contributed by atoms with Gasteiger partial charge in [0.1, 0.15) is 6.67 Å². The van der Waals surface area contributed by atoms with Crippen LogP contribution in [0.1, 0.15) is 0 Å². The third-order valence-corrected chi connectivity index (χ3v) is 1.59. The van der Waals surface area contributed by atoms with Gasteiger partial charge in [-0.25, -0.2) is 5.84 Å². The second kappa shape index (κ2) is 4.32. The smallest absolute Gasteiger partial charge is 0.208 e. The van der Waals surface area contributed by atoms with Crippen LogP contribution in [0.2, 0.25) is 0 Å². The summed E-state index contributed by atoms with van der Waals surface area (Å²) in [5.41, 5.74) is 6.93. The minimum absolute atomic E-state index is 0.234. The van der Waals surface area contributed by atoms with E-state index in [-0.39, 0.29) is 6.67 Å². The normalized spacial score (nSPS) is 9.31. The molecule has 1 aromatic carbocycles. The van der Waals surface area contributed by atoms with Crippen molar-refractivity contribution in [1.29, 1.82) is 0 Å². The Bertz CT molecular complexity index is 289. The first-order valence-corrected chi connectivity index (χ1v) is 3.79. The average molecular weight is 180 g/mol. The van der Waals surface area contributed by atoms with Gasteiger partial charge >= 0.3 is 0 Å². The van der Waals surface area contributed by atoms with Gasteiger partial charge in [0.2, 0.25) is 6.41 Å². The molecule has 0 spiro atoms. The van der Waals surface area contributed by atoms with Crippen molar-refractivity contribution in [3.05, 3.63) is 24.3 Å². The summed E-state index contributed by atoms with van der Waals surface area (Å²) in [5, 5.41) is 3.80. The Labute approximate surface area is 76.3 Å². The molecule has 5 N–H and O–H groups in total. The largest absolute Gasteiger partial charge is 0.397 e. The number of nitrogens with zero attached hydrogens (tertiary/aromatic N) is 1. The molecular formula is C8H12N4O. The summed E-state index contributed by atoms with van der Waals surface area (Å²) in [6.45, 7) is 0.234. The number of para-hydroxylation sites is 2. The highest BCUT2D eigenvalue weighted by atomic mass is 16.1. The molecular weight excluding hydrogens is 168 g/mol. The Balaban J connectivity index is 2.70. The van der Waals surface area contributed by atoms with Crippen molar-refractivity contribution in [3.63, 3.8) is 0 Å². The van der Waals surface area contributed by atoms with Crippen molar-refractivity contribution in [2.75, 3.05) is 17.4 Å². The van der Waals surface area contributed by atoms with E-state index < -0.39 is 0 Å². The molecule has 70 valence electrons. The van der Waals surface area contributed by atoms with Crippen LogP contribution in [-0.4, -0.2) is 13.1 Å². The number of carbonyl (C=O) groups excluding carboxylic acids is 1. The summed E-state index contributed by atoms with van der Waals surface area (Å²) in [6.07, 6.45) is 0.582. The maximum atomic E-state index is 10.0. The number of carbonyl (C=O) groups is 1. The van der Waals surface area contributed by atoms with Gasteiger partial charge in [-0.15, -0.1) is 0 Å². The summed E-state index contributed by atoms with van der Waals surface area (Å²) >= 11 is 0. The van der Waals surface area contributed by atoms with E-state index in [1.807, 2.05) is 12.1 Å². The first-order valence-electron chi connectivity index (χ1n) is 3.79. The van der Waals surface area contributed by atoms with Crippen LogP contribution in [-0.2, 0) is 4.79 Å². The van der Waals surface area contributed by atoms with Crippen molar-refractivity contribution >= 4 is 17.8 Å². The number of hydrogen-bond acceptors (Lipinski definition) is 4.